The number of aryl methyl sites for hydroxylation is 1. The predicted octanol–water partition coefficient (Wildman–Crippen LogP) is 4.59. The Morgan fingerprint density at radius 3 is 2.76 bits per heavy atom. The van der Waals surface area contributed by atoms with Crippen LogP contribution >= 0.6 is 23.1 Å². The number of thiophene rings is 1. The topological polar surface area (TPSA) is 78.9 Å². The highest BCUT2D eigenvalue weighted by Crippen LogP contribution is 2.38. The van der Waals surface area contributed by atoms with E-state index in [-0.39, 0.29) is 11.2 Å². The van der Waals surface area contributed by atoms with Crippen molar-refractivity contribution in [3.8, 4) is 6.07 Å². The molecule has 0 fully saturated rings. The monoisotopic (exact) mass is 371 g/mol. The lowest BCUT2D eigenvalue weighted by atomic mass is 9.96. The van der Waals surface area contributed by atoms with E-state index >= 15 is 0 Å². The van der Waals surface area contributed by atoms with Gasteiger partial charge < -0.3 is 11.1 Å². The molecule has 0 bridgehead atoms. The summed E-state index contributed by atoms with van der Waals surface area (Å²) in [6, 6.07) is 9.84. The van der Waals surface area contributed by atoms with Gasteiger partial charge in [0.1, 0.15) is 11.1 Å². The lowest BCUT2D eigenvalue weighted by molar-refractivity contribution is -0.115. The summed E-state index contributed by atoms with van der Waals surface area (Å²) in [5, 5.41) is 13.1. The molecule has 1 aromatic heterocycles. The van der Waals surface area contributed by atoms with E-state index in [0.717, 1.165) is 41.1 Å². The number of nitrogens with zero attached hydrogens (tertiary/aromatic N) is 1. The summed E-state index contributed by atoms with van der Waals surface area (Å²) < 4.78 is 0. The second kappa shape index (κ2) is 7.94. The van der Waals surface area contributed by atoms with Crippen molar-refractivity contribution in [3.63, 3.8) is 0 Å². The van der Waals surface area contributed by atoms with Crippen molar-refractivity contribution in [2.24, 2.45) is 0 Å². The normalized spacial score (nSPS) is 14.4. The number of amides is 1. The Labute approximate surface area is 156 Å². The number of carbonyl (C=O) groups excluding carboxylic acids is 1. The number of fused-ring (bicyclic) bond motifs is 1. The lowest BCUT2D eigenvalue weighted by Gasteiger charge is -2.14. The van der Waals surface area contributed by atoms with Gasteiger partial charge in [-0.2, -0.15) is 5.26 Å². The number of thioether (sulfide) groups is 1. The van der Waals surface area contributed by atoms with Crippen molar-refractivity contribution in [3.05, 3.63) is 40.3 Å². The number of carbonyl (C=O) groups is 1. The molecule has 3 rings (SSSR count). The maximum atomic E-state index is 12.7. The molecule has 1 unspecified atom stereocenters. The van der Waals surface area contributed by atoms with E-state index in [2.05, 4.69) is 11.4 Å². The molecule has 25 heavy (non-hydrogen) atoms. The number of hydrogen-bond donors (Lipinski definition) is 2. The minimum absolute atomic E-state index is 0.0422. The van der Waals surface area contributed by atoms with Crippen molar-refractivity contribution in [1.82, 2.24) is 0 Å². The number of anilines is 2. The Balaban J connectivity index is 1.75. The number of nitrogens with one attached hydrogen (secondary N) is 1. The molecule has 2 aromatic rings. The summed E-state index contributed by atoms with van der Waals surface area (Å²) >= 11 is 3.10. The second-order valence-corrected chi connectivity index (χ2v) is 8.48. The molecule has 4 nitrogen and oxygen atoms in total. The first kappa shape index (κ1) is 17.8. The van der Waals surface area contributed by atoms with Gasteiger partial charge in [-0.15, -0.1) is 23.1 Å². The van der Waals surface area contributed by atoms with Crippen molar-refractivity contribution in [2.75, 3.05) is 11.1 Å². The van der Waals surface area contributed by atoms with Crippen LogP contribution in [-0.4, -0.2) is 11.2 Å². The number of nitrogens with two attached hydrogens (primary N) is 1. The van der Waals surface area contributed by atoms with Gasteiger partial charge in [-0.25, -0.2) is 0 Å². The Morgan fingerprint density at radius 1 is 1.36 bits per heavy atom. The molecule has 0 saturated carbocycles. The molecule has 6 heteroatoms. The molecular weight excluding hydrogens is 350 g/mol. The van der Waals surface area contributed by atoms with E-state index in [4.69, 9.17) is 5.73 Å². The molecule has 0 radical (unpaired) electrons. The number of nitrogen functional groups attached to an aromatic ring is 1. The van der Waals surface area contributed by atoms with Crippen LogP contribution in [0.4, 0.5) is 10.7 Å². The summed E-state index contributed by atoms with van der Waals surface area (Å²) in [6.07, 6.45) is 4.96. The van der Waals surface area contributed by atoms with Gasteiger partial charge in [-0.05, 0) is 61.9 Å². The van der Waals surface area contributed by atoms with E-state index in [1.165, 1.54) is 16.6 Å². The maximum Gasteiger partial charge on any atom is 0.238 e. The van der Waals surface area contributed by atoms with Crippen LogP contribution in [0.3, 0.4) is 0 Å². The molecule has 1 aliphatic rings. The predicted molar refractivity (Wildman–Crippen MR) is 105 cm³/mol. The van der Waals surface area contributed by atoms with E-state index < -0.39 is 0 Å². The smallest absolute Gasteiger partial charge is 0.238 e. The second-order valence-electron chi connectivity index (χ2n) is 6.10. The van der Waals surface area contributed by atoms with E-state index in [1.807, 2.05) is 31.2 Å². The van der Waals surface area contributed by atoms with Gasteiger partial charge in [0.15, 0.2) is 0 Å². The van der Waals surface area contributed by atoms with Crippen LogP contribution in [0.15, 0.2) is 29.2 Å². The standard InChI is InChI=1S/C19H21N3OS2/c1-2-16(24-13-9-7-12(21)8-10-13)18(23)22-19-15(11-20)14-5-3-4-6-17(14)25-19/h7-10,16H,2-6,21H2,1H3,(H,22,23). The molecule has 0 spiro atoms. The van der Waals surface area contributed by atoms with Crippen molar-refractivity contribution < 1.29 is 4.79 Å². The van der Waals surface area contributed by atoms with Crippen molar-refractivity contribution in [1.29, 1.82) is 5.26 Å². The van der Waals surface area contributed by atoms with Gasteiger partial charge >= 0.3 is 0 Å². The van der Waals surface area contributed by atoms with Crippen LogP contribution in [-0.2, 0) is 17.6 Å². The van der Waals surface area contributed by atoms with Gasteiger partial charge in [0.25, 0.3) is 0 Å². The average molecular weight is 372 g/mol. The Morgan fingerprint density at radius 2 is 2.08 bits per heavy atom. The number of hydrogen-bond acceptors (Lipinski definition) is 5. The van der Waals surface area contributed by atoms with Gasteiger partial charge in [0.05, 0.1) is 10.8 Å². The maximum absolute atomic E-state index is 12.7. The fourth-order valence-electron chi connectivity index (χ4n) is 3.00. The first-order chi connectivity index (χ1) is 12.1. The van der Waals surface area contributed by atoms with Crippen LogP contribution in [0.25, 0.3) is 0 Å². The van der Waals surface area contributed by atoms with Crippen molar-refractivity contribution >= 4 is 39.7 Å². The minimum Gasteiger partial charge on any atom is -0.399 e. The molecule has 1 aromatic carbocycles. The third kappa shape index (κ3) is 4.00. The molecule has 1 heterocycles. The summed E-state index contributed by atoms with van der Waals surface area (Å²) in [5.74, 6) is -0.0422. The molecule has 1 amide bonds. The largest absolute Gasteiger partial charge is 0.399 e. The van der Waals surface area contributed by atoms with E-state index in [9.17, 15) is 10.1 Å². The van der Waals surface area contributed by atoms with Crippen LogP contribution in [0.1, 0.15) is 42.2 Å². The van der Waals surface area contributed by atoms with E-state index in [1.54, 1.807) is 11.3 Å². The highest BCUT2D eigenvalue weighted by Gasteiger charge is 2.24. The Bertz CT molecular complexity index is 805. The molecule has 3 N–H and O–H groups in total. The molecule has 130 valence electrons. The number of nitriles is 1. The third-order valence-electron chi connectivity index (χ3n) is 4.34. The van der Waals surface area contributed by atoms with E-state index in [0.29, 0.717) is 17.7 Å². The molecule has 0 aliphatic heterocycles. The minimum atomic E-state index is -0.200. The fourth-order valence-corrected chi connectivity index (χ4v) is 5.19. The molecule has 1 aliphatic carbocycles. The van der Waals surface area contributed by atoms with Crippen LogP contribution < -0.4 is 11.1 Å². The van der Waals surface area contributed by atoms with Gasteiger partial charge in [-0.1, -0.05) is 6.92 Å². The number of rotatable bonds is 5. The zero-order valence-corrected chi connectivity index (χ0v) is 15.8. The van der Waals surface area contributed by atoms with Gasteiger partial charge in [0, 0.05) is 15.5 Å². The molecule has 0 saturated heterocycles. The quantitative estimate of drug-likeness (QED) is 0.595. The summed E-state index contributed by atoms with van der Waals surface area (Å²) in [7, 11) is 0. The lowest BCUT2D eigenvalue weighted by Crippen LogP contribution is -2.24. The zero-order valence-electron chi connectivity index (χ0n) is 14.2. The highest BCUT2D eigenvalue weighted by molar-refractivity contribution is 8.00. The Hall–Kier alpha value is -1.97. The third-order valence-corrected chi connectivity index (χ3v) is 6.92. The summed E-state index contributed by atoms with van der Waals surface area (Å²) in [6.45, 7) is 2.00. The van der Waals surface area contributed by atoms with Gasteiger partial charge in [0.2, 0.25) is 5.91 Å². The SMILES string of the molecule is CCC(Sc1ccc(N)cc1)C(=O)Nc1sc2c(c1C#N)CCCC2. The molecule has 1 atom stereocenters. The average Bonchev–Trinajstić information content (AvgIpc) is 2.98. The molecular formula is C19H21N3OS2. The highest BCUT2D eigenvalue weighted by atomic mass is 32.2. The zero-order chi connectivity index (χ0) is 17.8. The van der Waals surface area contributed by atoms with Gasteiger partial charge in [-0.3, -0.25) is 4.79 Å². The first-order valence-electron chi connectivity index (χ1n) is 8.50. The first-order valence-corrected chi connectivity index (χ1v) is 10.2. The fraction of sp³-hybridized carbons (Fsp3) is 0.368. The Kier molecular flexibility index (Phi) is 5.67. The van der Waals surface area contributed by atoms with Crippen LogP contribution in [0.5, 0.6) is 0 Å². The van der Waals surface area contributed by atoms with Crippen molar-refractivity contribution in [2.45, 2.75) is 49.2 Å². The van der Waals surface area contributed by atoms with Crippen LogP contribution in [0.2, 0.25) is 0 Å². The summed E-state index contributed by atoms with van der Waals surface area (Å²) in [4.78, 5) is 15.0. The summed E-state index contributed by atoms with van der Waals surface area (Å²) in [5.41, 5.74) is 8.24. The van der Waals surface area contributed by atoms with Crippen LogP contribution in [0, 0.1) is 11.3 Å². The number of benzene rings is 1.